The molecule has 0 aliphatic heterocycles. The molecule has 29 heavy (non-hydrogen) atoms. The standard InChI is InChI=1S/C22H25NO6/c1-3-15(2)18(23-22(27)28-14-16-10-6-4-7-11-16)21(26)29-19(20(24)25)17-12-8-5-9-13-17/h4-13,15,18-19H,3,14H2,1-2H3,(H,23,27)(H,24,25)/t15?,18-,19?/m0/s1. The minimum absolute atomic E-state index is 0.0523. The monoisotopic (exact) mass is 399 g/mol. The largest absolute Gasteiger partial charge is 0.478 e. The molecule has 0 aliphatic rings. The summed E-state index contributed by atoms with van der Waals surface area (Å²) >= 11 is 0. The number of carbonyl (C=O) groups is 3. The molecule has 0 saturated heterocycles. The van der Waals surface area contributed by atoms with Gasteiger partial charge in [-0.15, -0.1) is 0 Å². The second-order valence-electron chi connectivity index (χ2n) is 6.64. The number of carboxylic acid groups (broad SMARTS) is 1. The summed E-state index contributed by atoms with van der Waals surface area (Å²) in [7, 11) is 0. The molecule has 1 amide bonds. The number of benzene rings is 2. The smallest absolute Gasteiger partial charge is 0.408 e. The maximum atomic E-state index is 12.7. The Balaban J connectivity index is 2.04. The van der Waals surface area contributed by atoms with Crippen molar-refractivity contribution >= 4 is 18.0 Å². The number of hydrogen-bond acceptors (Lipinski definition) is 5. The van der Waals surface area contributed by atoms with Gasteiger partial charge < -0.3 is 19.9 Å². The third-order valence-electron chi connectivity index (χ3n) is 4.51. The molecule has 2 aromatic rings. The number of carbonyl (C=O) groups excluding carboxylic acids is 2. The van der Waals surface area contributed by atoms with E-state index in [0.717, 1.165) is 5.56 Å². The fourth-order valence-electron chi connectivity index (χ4n) is 2.64. The average Bonchev–Trinajstić information content (AvgIpc) is 2.74. The number of esters is 1. The lowest BCUT2D eigenvalue weighted by Crippen LogP contribution is -2.46. The highest BCUT2D eigenvalue weighted by atomic mass is 16.6. The summed E-state index contributed by atoms with van der Waals surface area (Å²) in [5, 5.41) is 12.0. The van der Waals surface area contributed by atoms with Crippen LogP contribution in [0.4, 0.5) is 4.79 Å². The molecule has 2 N–H and O–H groups in total. The van der Waals surface area contributed by atoms with E-state index in [4.69, 9.17) is 9.47 Å². The maximum Gasteiger partial charge on any atom is 0.408 e. The number of carboxylic acids is 1. The van der Waals surface area contributed by atoms with Crippen LogP contribution in [-0.2, 0) is 25.7 Å². The van der Waals surface area contributed by atoms with Gasteiger partial charge in [-0.05, 0) is 11.5 Å². The van der Waals surface area contributed by atoms with Crippen molar-refractivity contribution in [1.82, 2.24) is 5.32 Å². The van der Waals surface area contributed by atoms with Gasteiger partial charge in [0, 0.05) is 5.56 Å². The summed E-state index contributed by atoms with van der Waals surface area (Å²) in [5.74, 6) is -2.40. The van der Waals surface area contributed by atoms with Crippen molar-refractivity contribution in [3.63, 3.8) is 0 Å². The molecule has 2 unspecified atom stereocenters. The lowest BCUT2D eigenvalue weighted by molar-refractivity contribution is -0.166. The molecule has 0 aromatic heterocycles. The molecule has 2 rings (SSSR count). The van der Waals surface area contributed by atoms with E-state index >= 15 is 0 Å². The van der Waals surface area contributed by atoms with E-state index in [2.05, 4.69) is 5.32 Å². The fraction of sp³-hybridized carbons (Fsp3) is 0.318. The van der Waals surface area contributed by atoms with Crippen LogP contribution in [0.3, 0.4) is 0 Å². The summed E-state index contributed by atoms with van der Waals surface area (Å²) in [4.78, 5) is 36.5. The van der Waals surface area contributed by atoms with E-state index in [9.17, 15) is 19.5 Å². The zero-order chi connectivity index (χ0) is 21.2. The molecule has 0 saturated carbocycles. The number of ether oxygens (including phenoxy) is 2. The fourth-order valence-corrected chi connectivity index (χ4v) is 2.64. The van der Waals surface area contributed by atoms with Crippen molar-refractivity contribution in [2.45, 2.75) is 39.0 Å². The Morgan fingerprint density at radius 1 is 1.00 bits per heavy atom. The van der Waals surface area contributed by atoms with Gasteiger partial charge in [0.15, 0.2) is 0 Å². The van der Waals surface area contributed by atoms with Gasteiger partial charge in [-0.2, -0.15) is 0 Å². The Hall–Kier alpha value is -3.35. The Morgan fingerprint density at radius 2 is 1.59 bits per heavy atom. The number of hydrogen-bond donors (Lipinski definition) is 2. The van der Waals surface area contributed by atoms with Crippen molar-refractivity contribution in [2.75, 3.05) is 0 Å². The third-order valence-corrected chi connectivity index (χ3v) is 4.51. The van der Waals surface area contributed by atoms with Gasteiger partial charge in [0.25, 0.3) is 0 Å². The predicted molar refractivity (Wildman–Crippen MR) is 106 cm³/mol. The first-order valence-electron chi connectivity index (χ1n) is 9.37. The Kier molecular flexibility index (Phi) is 8.21. The first-order valence-corrected chi connectivity index (χ1v) is 9.37. The average molecular weight is 399 g/mol. The predicted octanol–water partition coefficient (Wildman–Crippen LogP) is 3.70. The first kappa shape index (κ1) is 21.9. The number of nitrogens with one attached hydrogen (secondary N) is 1. The Labute approximate surface area is 169 Å². The molecule has 0 aliphatic carbocycles. The SMILES string of the molecule is CCC(C)[C@H](NC(=O)OCc1ccccc1)C(=O)OC(C(=O)O)c1ccccc1. The van der Waals surface area contributed by atoms with Crippen LogP contribution in [0.5, 0.6) is 0 Å². The summed E-state index contributed by atoms with van der Waals surface area (Å²) in [6.07, 6.45) is -1.66. The van der Waals surface area contributed by atoms with Crippen LogP contribution in [0, 0.1) is 5.92 Å². The number of alkyl carbamates (subject to hydrolysis) is 1. The van der Waals surface area contributed by atoms with E-state index < -0.39 is 30.2 Å². The third kappa shape index (κ3) is 6.64. The Morgan fingerprint density at radius 3 is 2.14 bits per heavy atom. The second kappa shape index (κ2) is 10.8. The molecule has 154 valence electrons. The molecule has 7 heteroatoms. The van der Waals surface area contributed by atoms with E-state index in [1.165, 1.54) is 0 Å². The summed E-state index contributed by atoms with van der Waals surface area (Å²) in [5.41, 5.74) is 1.14. The summed E-state index contributed by atoms with van der Waals surface area (Å²) in [6.45, 7) is 3.67. The van der Waals surface area contributed by atoms with Crippen LogP contribution in [0.2, 0.25) is 0 Å². The van der Waals surface area contributed by atoms with Gasteiger partial charge in [-0.3, -0.25) is 0 Å². The van der Waals surface area contributed by atoms with Crippen molar-refractivity contribution in [3.05, 3.63) is 71.8 Å². The number of amides is 1. The van der Waals surface area contributed by atoms with Crippen LogP contribution in [-0.4, -0.2) is 29.2 Å². The maximum absolute atomic E-state index is 12.7. The molecule has 2 aromatic carbocycles. The van der Waals surface area contributed by atoms with E-state index in [1.54, 1.807) is 37.3 Å². The summed E-state index contributed by atoms with van der Waals surface area (Å²) < 4.78 is 10.4. The van der Waals surface area contributed by atoms with E-state index in [0.29, 0.717) is 12.0 Å². The summed E-state index contributed by atoms with van der Waals surface area (Å²) in [6, 6.07) is 16.3. The van der Waals surface area contributed by atoms with Crippen LogP contribution in [0.25, 0.3) is 0 Å². The molecule has 0 spiro atoms. The molecular formula is C22H25NO6. The van der Waals surface area contributed by atoms with Crippen molar-refractivity contribution in [1.29, 1.82) is 0 Å². The van der Waals surface area contributed by atoms with Crippen molar-refractivity contribution < 1.29 is 29.0 Å². The lowest BCUT2D eigenvalue weighted by atomic mass is 9.99. The van der Waals surface area contributed by atoms with Gasteiger partial charge in [0.2, 0.25) is 6.10 Å². The highest BCUT2D eigenvalue weighted by Crippen LogP contribution is 2.20. The molecule has 0 heterocycles. The quantitative estimate of drug-likeness (QED) is 0.624. The van der Waals surface area contributed by atoms with Gasteiger partial charge in [-0.1, -0.05) is 80.9 Å². The molecule has 7 nitrogen and oxygen atoms in total. The molecule has 0 fully saturated rings. The zero-order valence-electron chi connectivity index (χ0n) is 16.4. The van der Waals surface area contributed by atoms with Gasteiger partial charge >= 0.3 is 18.0 Å². The zero-order valence-corrected chi connectivity index (χ0v) is 16.4. The van der Waals surface area contributed by atoms with E-state index in [1.807, 2.05) is 37.3 Å². The second-order valence-corrected chi connectivity index (χ2v) is 6.64. The number of rotatable bonds is 9. The molecule has 0 bridgehead atoms. The lowest BCUT2D eigenvalue weighted by Gasteiger charge is -2.24. The van der Waals surface area contributed by atoms with Crippen molar-refractivity contribution in [2.24, 2.45) is 5.92 Å². The Bertz CT molecular complexity index is 809. The van der Waals surface area contributed by atoms with Gasteiger partial charge in [0.05, 0.1) is 0 Å². The number of aliphatic carboxylic acids is 1. The highest BCUT2D eigenvalue weighted by molar-refractivity contribution is 5.84. The minimum atomic E-state index is -1.46. The molecular weight excluding hydrogens is 374 g/mol. The topological polar surface area (TPSA) is 102 Å². The van der Waals surface area contributed by atoms with Crippen LogP contribution in [0.15, 0.2) is 60.7 Å². The van der Waals surface area contributed by atoms with Gasteiger partial charge in [0.1, 0.15) is 12.6 Å². The molecule has 3 atom stereocenters. The van der Waals surface area contributed by atoms with E-state index in [-0.39, 0.29) is 12.5 Å². The van der Waals surface area contributed by atoms with Crippen molar-refractivity contribution in [3.8, 4) is 0 Å². The van der Waals surface area contributed by atoms with Crippen LogP contribution >= 0.6 is 0 Å². The van der Waals surface area contributed by atoms with Crippen LogP contribution < -0.4 is 5.32 Å². The minimum Gasteiger partial charge on any atom is -0.478 e. The molecule has 0 radical (unpaired) electrons. The normalized spacial score (nSPS) is 13.6. The van der Waals surface area contributed by atoms with Crippen LogP contribution in [0.1, 0.15) is 37.5 Å². The van der Waals surface area contributed by atoms with Gasteiger partial charge in [-0.25, -0.2) is 14.4 Å². The first-order chi connectivity index (χ1) is 13.9. The highest BCUT2D eigenvalue weighted by Gasteiger charge is 2.32.